The summed E-state index contributed by atoms with van der Waals surface area (Å²) in [5, 5.41) is 4.96. The van der Waals surface area contributed by atoms with Crippen LogP contribution in [-0.4, -0.2) is 4.57 Å². The lowest BCUT2D eigenvalue weighted by Crippen LogP contribution is -2.30. The number of rotatable bonds is 4. The second kappa shape index (κ2) is 12.3. The minimum Gasteiger partial charge on any atom is -0.225 e. The first kappa shape index (κ1) is 33.5. The number of hydrogen-bond acceptors (Lipinski definition) is 0. The number of fused-ring (bicyclic) bond motifs is 6. The van der Waals surface area contributed by atoms with Crippen molar-refractivity contribution < 1.29 is 13.7 Å². The monoisotopic (exact) mass is 681 g/mol. The maximum absolute atomic E-state index is 2.51. The second-order valence-corrected chi connectivity index (χ2v) is 16.5. The quantitative estimate of drug-likeness (QED) is 0.130. The Morgan fingerprint density at radius 2 is 0.923 bits per heavy atom. The zero-order chi connectivity index (χ0) is 36.5. The smallest absolute Gasteiger partial charge is 0.225 e. The fraction of sp³-hybridized carbons (Fsp3) is 0.229. The van der Waals surface area contributed by atoms with Crippen molar-refractivity contribution in [3.05, 3.63) is 145 Å². The summed E-state index contributed by atoms with van der Waals surface area (Å²) in [7, 11) is 6.49. The highest BCUT2D eigenvalue weighted by Crippen LogP contribution is 2.41. The number of aryl methyl sites for hydroxylation is 3. The summed E-state index contributed by atoms with van der Waals surface area (Å²) >= 11 is 0. The molecule has 8 aromatic rings. The molecule has 4 heteroatoms. The molecule has 0 amide bonds. The van der Waals surface area contributed by atoms with Crippen LogP contribution in [0.4, 0.5) is 0 Å². The molecule has 5 aromatic carbocycles. The molecule has 0 spiro atoms. The van der Waals surface area contributed by atoms with Gasteiger partial charge >= 0.3 is 0 Å². The molecule has 3 heterocycles. The zero-order valence-electron chi connectivity index (χ0n) is 32.0. The van der Waals surface area contributed by atoms with Crippen LogP contribution in [0.25, 0.3) is 72.2 Å². The van der Waals surface area contributed by atoms with Crippen LogP contribution in [0, 0.1) is 0 Å². The van der Waals surface area contributed by atoms with E-state index >= 15 is 0 Å². The summed E-state index contributed by atoms with van der Waals surface area (Å²) in [6, 6.07) is 45.3. The predicted molar refractivity (Wildman–Crippen MR) is 216 cm³/mol. The Morgan fingerprint density at radius 1 is 0.462 bits per heavy atom. The molecule has 3 aromatic heterocycles. The molecule has 8 rings (SSSR count). The first-order chi connectivity index (χ1) is 24.8. The molecule has 0 fully saturated rings. The topological polar surface area (TPSA) is 16.6 Å². The van der Waals surface area contributed by atoms with E-state index in [-0.39, 0.29) is 10.8 Å². The van der Waals surface area contributed by atoms with E-state index in [9.17, 15) is 0 Å². The summed E-state index contributed by atoms with van der Waals surface area (Å²) in [5.41, 5.74) is 12.3. The molecule has 0 atom stereocenters. The minimum atomic E-state index is 0.0561. The van der Waals surface area contributed by atoms with Crippen molar-refractivity contribution in [2.24, 2.45) is 21.1 Å². The van der Waals surface area contributed by atoms with Gasteiger partial charge in [-0.3, -0.25) is 0 Å². The third-order valence-corrected chi connectivity index (χ3v) is 10.9. The van der Waals surface area contributed by atoms with Crippen LogP contribution in [0.2, 0.25) is 0 Å². The van der Waals surface area contributed by atoms with Gasteiger partial charge < -0.3 is 0 Å². The molecule has 0 bridgehead atoms. The average Bonchev–Trinajstić information content (AvgIpc) is 3.44. The van der Waals surface area contributed by atoms with Crippen LogP contribution in [0.3, 0.4) is 0 Å². The minimum absolute atomic E-state index is 0.0561. The summed E-state index contributed by atoms with van der Waals surface area (Å²) in [6.45, 7) is 13.7. The number of pyridine rings is 2. The van der Waals surface area contributed by atoms with E-state index in [4.69, 9.17) is 0 Å². The second-order valence-electron chi connectivity index (χ2n) is 16.5. The highest BCUT2D eigenvalue weighted by atomic mass is 15.2. The lowest BCUT2D eigenvalue weighted by Gasteiger charge is -2.19. The van der Waals surface area contributed by atoms with E-state index in [1.54, 1.807) is 0 Å². The number of imidazole rings is 1. The van der Waals surface area contributed by atoms with Crippen LogP contribution in [-0.2, 0) is 32.0 Å². The highest BCUT2D eigenvalue weighted by molar-refractivity contribution is 6.24. The third-order valence-electron chi connectivity index (χ3n) is 10.9. The zero-order valence-corrected chi connectivity index (χ0v) is 32.0. The van der Waals surface area contributed by atoms with Crippen LogP contribution in [0.15, 0.2) is 134 Å². The maximum atomic E-state index is 2.51. The molecule has 0 N–H and O–H groups in total. The Hall–Kier alpha value is -5.61. The van der Waals surface area contributed by atoms with Gasteiger partial charge in [0, 0.05) is 46.2 Å². The molecule has 0 saturated carbocycles. The average molecular weight is 682 g/mol. The van der Waals surface area contributed by atoms with E-state index in [0.29, 0.717) is 0 Å². The van der Waals surface area contributed by atoms with Crippen LogP contribution in [0.1, 0.15) is 52.7 Å². The Labute approximate surface area is 307 Å². The van der Waals surface area contributed by atoms with E-state index in [1.165, 1.54) is 71.8 Å². The van der Waals surface area contributed by atoms with Gasteiger partial charge in [-0.05, 0) is 93.4 Å². The Bertz CT molecular complexity index is 2650. The van der Waals surface area contributed by atoms with Crippen molar-refractivity contribution in [3.63, 3.8) is 0 Å². The molecule has 0 aliphatic carbocycles. The molecule has 0 aliphatic rings. The molecule has 258 valence electrons. The molecule has 0 unspecified atom stereocenters. The molecule has 52 heavy (non-hydrogen) atoms. The van der Waals surface area contributed by atoms with Crippen molar-refractivity contribution in [1.82, 2.24) is 4.57 Å². The van der Waals surface area contributed by atoms with Gasteiger partial charge in [0.15, 0.2) is 23.4 Å². The first-order valence-electron chi connectivity index (χ1n) is 18.4. The van der Waals surface area contributed by atoms with Crippen molar-refractivity contribution in [2.75, 3.05) is 0 Å². The molecule has 0 aliphatic heterocycles. The SMILES string of the molecule is C[n+]1ccccc1-c1ccc2c3ccc(-c4cccc[n+]4C)cc3c3c(c2c1)n(-c1ccc(C(C)(C)C)cc1)c(-c1ccc(C(C)(C)C)cc1)[n+]3C. The molecule has 0 saturated heterocycles. The number of hydrogen-bond donors (Lipinski definition) is 0. The fourth-order valence-electron chi connectivity index (χ4n) is 7.90. The number of aromatic nitrogens is 4. The van der Waals surface area contributed by atoms with Crippen LogP contribution in [0.5, 0.6) is 0 Å². The van der Waals surface area contributed by atoms with E-state index in [1.807, 2.05) is 0 Å². The van der Waals surface area contributed by atoms with Gasteiger partial charge in [-0.15, -0.1) is 0 Å². The predicted octanol–water partition coefficient (Wildman–Crippen LogP) is 10.0. The molecule has 0 radical (unpaired) electrons. The Kier molecular flexibility index (Phi) is 7.91. The van der Waals surface area contributed by atoms with Gasteiger partial charge in [-0.25, -0.2) is 13.7 Å². The third kappa shape index (κ3) is 5.58. The summed E-state index contributed by atoms with van der Waals surface area (Å²) in [4.78, 5) is 0. The highest BCUT2D eigenvalue weighted by Gasteiger charge is 2.31. The van der Waals surface area contributed by atoms with Gasteiger partial charge in [0.1, 0.15) is 19.8 Å². The van der Waals surface area contributed by atoms with Gasteiger partial charge in [0.25, 0.3) is 5.82 Å². The van der Waals surface area contributed by atoms with Gasteiger partial charge in [-0.1, -0.05) is 77.9 Å². The maximum Gasteiger partial charge on any atom is 0.294 e. The normalized spacial score (nSPS) is 12.3. The standard InChI is InChI=1S/C48H49N4/c1-47(2,3)35-20-16-32(17-21-35)46-51(9)44-40-30-33(42-14-10-12-28-49(42)7)18-26-38(40)39-27-19-34(43-15-11-13-29-50(43)8)31-41(39)45(44)52(46)37-24-22-36(23-25-37)48(4,5)6/h10-31H,1-9H3/q+3. The van der Waals surface area contributed by atoms with Crippen molar-refractivity contribution >= 4 is 32.6 Å². The summed E-state index contributed by atoms with van der Waals surface area (Å²) < 4.78 is 9.36. The molecular weight excluding hydrogens is 633 g/mol. The fourth-order valence-corrected chi connectivity index (χ4v) is 7.90. The largest absolute Gasteiger partial charge is 0.294 e. The van der Waals surface area contributed by atoms with Gasteiger partial charge in [-0.2, -0.15) is 4.57 Å². The van der Waals surface area contributed by atoms with Gasteiger partial charge in [0.05, 0.1) is 12.6 Å². The number of benzene rings is 5. The molecular formula is C48H49N4+3. The van der Waals surface area contributed by atoms with Crippen molar-refractivity contribution in [3.8, 4) is 39.6 Å². The summed E-state index contributed by atoms with van der Waals surface area (Å²) in [5.74, 6) is 1.15. The van der Waals surface area contributed by atoms with Gasteiger partial charge in [0.2, 0.25) is 11.4 Å². The van der Waals surface area contributed by atoms with E-state index in [0.717, 1.165) is 11.5 Å². The first-order valence-corrected chi connectivity index (χ1v) is 18.4. The van der Waals surface area contributed by atoms with Crippen molar-refractivity contribution in [2.45, 2.75) is 52.4 Å². The lowest BCUT2D eigenvalue weighted by atomic mass is 9.86. The molecule has 4 nitrogen and oxygen atoms in total. The Balaban J connectivity index is 1.55. The number of nitrogens with zero attached hydrogens (tertiary/aromatic N) is 4. The van der Waals surface area contributed by atoms with Crippen LogP contribution >= 0.6 is 0 Å². The van der Waals surface area contributed by atoms with E-state index < -0.39 is 0 Å². The van der Waals surface area contributed by atoms with Crippen LogP contribution < -0.4 is 13.7 Å². The van der Waals surface area contributed by atoms with E-state index in [2.05, 4.69) is 215 Å². The Morgan fingerprint density at radius 3 is 1.42 bits per heavy atom. The van der Waals surface area contributed by atoms with Crippen molar-refractivity contribution in [1.29, 1.82) is 0 Å². The lowest BCUT2D eigenvalue weighted by molar-refractivity contribution is -0.660. The summed E-state index contributed by atoms with van der Waals surface area (Å²) in [6.07, 6.45) is 4.25.